The van der Waals surface area contributed by atoms with Crippen LogP contribution in [0.15, 0.2) is 54.6 Å². The van der Waals surface area contributed by atoms with Crippen LogP contribution in [0.3, 0.4) is 0 Å². The zero-order valence-electron chi connectivity index (χ0n) is 11.5. The number of aromatic carboxylic acids is 1. The SMILES string of the molecule is O=C(O)c1nc2ccccc2c(OCc2ccccc2)c1Cl. The summed E-state index contributed by atoms with van der Waals surface area (Å²) in [6.07, 6.45) is 0. The first-order chi connectivity index (χ1) is 10.7. The number of para-hydroxylation sites is 1. The van der Waals surface area contributed by atoms with Crippen molar-refractivity contribution in [1.82, 2.24) is 4.98 Å². The molecule has 0 bridgehead atoms. The van der Waals surface area contributed by atoms with Crippen molar-refractivity contribution in [2.45, 2.75) is 6.61 Å². The summed E-state index contributed by atoms with van der Waals surface area (Å²) in [6, 6.07) is 16.7. The maximum absolute atomic E-state index is 11.3. The van der Waals surface area contributed by atoms with Crippen LogP contribution in [0.5, 0.6) is 5.75 Å². The quantitative estimate of drug-likeness (QED) is 0.785. The van der Waals surface area contributed by atoms with Crippen molar-refractivity contribution >= 4 is 28.5 Å². The van der Waals surface area contributed by atoms with E-state index in [9.17, 15) is 9.90 Å². The average molecular weight is 314 g/mol. The minimum atomic E-state index is -1.18. The number of carboxylic acids is 1. The summed E-state index contributed by atoms with van der Waals surface area (Å²) >= 11 is 6.18. The van der Waals surface area contributed by atoms with E-state index in [0.29, 0.717) is 23.3 Å². The Labute approximate surface area is 131 Å². The monoisotopic (exact) mass is 313 g/mol. The lowest BCUT2D eigenvalue weighted by atomic mass is 10.1. The fourth-order valence-electron chi connectivity index (χ4n) is 2.17. The lowest BCUT2D eigenvalue weighted by Crippen LogP contribution is -2.05. The van der Waals surface area contributed by atoms with E-state index in [4.69, 9.17) is 16.3 Å². The van der Waals surface area contributed by atoms with Crippen molar-refractivity contribution in [3.05, 3.63) is 70.9 Å². The highest BCUT2D eigenvalue weighted by Crippen LogP contribution is 2.35. The van der Waals surface area contributed by atoms with E-state index in [-0.39, 0.29) is 10.7 Å². The summed E-state index contributed by atoms with van der Waals surface area (Å²) in [7, 11) is 0. The zero-order chi connectivity index (χ0) is 15.5. The van der Waals surface area contributed by atoms with Gasteiger partial charge in [0, 0.05) is 5.39 Å². The van der Waals surface area contributed by atoms with Crippen molar-refractivity contribution in [3.8, 4) is 5.75 Å². The number of benzene rings is 2. The second-order valence-corrected chi connectivity index (χ2v) is 5.08. The molecule has 22 heavy (non-hydrogen) atoms. The minimum Gasteiger partial charge on any atom is -0.487 e. The standard InChI is InChI=1S/C17H12ClNO3/c18-14-15(17(20)21)19-13-9-5-4-8-12(13)16(14)22-10-11-6-2-1-3-7-11/h1-9H,10H2,(H,20,21). The second-order valence-electron chi connectivity index (χ2n) is 4.70. The van der Waals surface area contributed by atoms with Gasteiger partial charge in [0.1, 0.15) is 17.4 Å². The molecule has 0 fully saturated rings. The van der Waals surface area contributed by atoms with Gasteiger partial charge >= 0.3 is 5.97 Å². The van der Waals surface area contributed by atoms with E-state index in [2.05, 4.69) is 4.98 Å². The first-order valence-electron chi connectivity index (χ1n) is 6.65. The topological polar surface area (TPSA) is 59.4 Å². The molecule has 0 saturated carbocycles. The van der Waals surface area contributed by atoms with E-state index in [1.54, 1.807) is 18.2 Å². The first kappa shape index (κ1) is 14.4. The van der Waals surface area contributed by atoms with Crippen molar-refractivity contribution in [1.29, 1.82) is 0 Å². The smallest absolute Gasteiger partial charge is 0.356 e. The number of halogens is 1. The van der Waals surface area contributed by atoms with Gasteiger partial charge in [-0.15, -0.1) is 0 Å². The molecule has 0 saturated heterocycles. The lowest BCUT2D eigenvalue weighted by Gasteiger charge is -2.12. The van der Waals surface area contributed by atoms with Crippen LogP contribution in [0.2, 0.25) is 5.02 Å². The van der Waals surface area contributed by atoms with Gasteiger partial charge in [-0.2, -0.15) is 0 Å². The third-order valence-electron chi connectivity index (χ3n) is 3.22. The van der Waals surface area contributed by atoms with Crippen molar-refractivity contribution in [2.75, 3.05) is 0 Å². The third-order valence-corrected chi connectivity index (χ3v) is 3.57. The van der Waals surface area contributed by atoms with E-state index in [0.717, 1.165) is 5.56 Å². The highest BCUT2D eigenvalue weighted by atomic mass is 35.5. The number of fused-ring (bicyclic) bond motifs is 1. The van der Waals surface area contributed by atoms with Gasteiger partial charge in [-0.05, 0) is 17.7 Å². The normalized spacial score (nSPS) is 10.6. The molecule has 2 aromatic carbocycles. The first-order valence-corrected chi connectivity index (χ1v) is 7.03. The number of hydrogen-bond donors (Lipinski definition) is 1. The van der Waals surface area contributed by atoms with Crippen LogP contribution in [0.25, 0.3) is 10.9 Å². The van der Waals surface area contributed by atoms with Crippen LogP contribution in [0.1, 0.15) is 16.1 Å². The second kappa shape index (κ2) is 6.03. The molecule has 110 valence electrons. The van der Waals surface area contributed by atoms with Gasteiger partial charge in [-0.25, -0.2) is 9.78 Å². The highest BCUT2D eigenvalue weighted by molar-refractivity contribution is 6.35. The number of ether oxygens (including phenoxy) is 1. The number of aromatic nitrogens is 1. The van der Waals surface area contributed by atoms with Gasteiger partial charge < -0.3 is 9.84 Å². The number of hydrogen-bond acceptors (Lipinski definition) is 3. The Morgan fingerprint density at radius 2 is 1.77 bits per heavy atom. The molecule has 0 atom stereocenters. The number of carboxylic acid groups (broad SMARTS) is 1. The Morgan fingerprint density at radius 3 is 2.50 bits per heavy atom. The highest BCUT2D eigenvalue weighted by Gasteiger charge is 2.19. The molecule has 0 aliphatic heterocycles. The van der Waals surface area contributed by atoms with Gasteiger partial charge in [-0.1, -0.05) is 54.1 Å². The molecule has 4 nitrogen and oxygen atoms in total. The van der Waals surface area contributed by atoms with Crippen molar-refractivity contribution in [3.63, 3.8) is 0 Å². The molecule has 1 N–H and O–H groups in total. The van der Waals surface area contributed by atoms with E-state index in [1.165, 1.54) is 0 Å². The van der Waals surface area contributed by atoms with Crippen LogP contribution < -0.4 is 4.74 Å². The molecule has 3 rings (SSSR count). The van der Waals surface area contributed by atoms with Gasteiger partial charge in [0.2, 0.25) is 0 Å². The van der Waals surface area contributed by atoms with E-state index < -0.39 is 5.97 Å². The Hall–Kier alpha value is -2.59. The minimum absolute atomic E-state index is 0.0159. The third kappa shape index (κ3) is 2.73. The number of pyridine rings is 1. The van der Waals surface area contributed by atoms with Crippen LogP contribution >= 0.6 is 11.6 Å². The van der Waals surface area contributed by atoms with Gasteiger partial charge in [0.05, 0.1) is 5.52 Å². The zero-order valence-corrected chi connectivity index (χ0v) is 12.2. The molecular weight excluding hydrogens is 302 g/mol. The van der Waals surface area contributed by atoms with Crippen molar-refractivity contribution < 1.29 is 14.6 Å². The Balaban J connectivity index is 2.06. The van der Waals surface area contributed by atoms with Crippen molar-refractivity contribution in [2.24, 2.45) is 0 Å². The van der Waals surface area contributed by atoms with E-state index in [1.807, 2.05) is 36.4 Å². The maximum atomic E-state index is 11.3. The summed E-state index contributed by atoms with van der Waals surface area (Å²) in [5.74, 6) is -0.839. The number of nitrogens with zero attached hydrogens (tertiary/aromatic N) is 1. The molecule has 0 aliphatic carbocycles. The summed E-state index contributed by atoms with van der Waals surface area (Å²) in [4.78, 5) is 15.4. The van der Waals surface area contributed by atoms with Gasteiger partial charge in [0.25, 0.3) is 0 Å². The lowest BCUT2D eigenvalue weighted by molar-refractivity contribution is 0.0690. The molecule has 1 heterocycles. The summed E-state index contributed by atoms with van der Waals surface area (Å²) in [5, 5.41) is 9.94. The molecular formula is C17H12ClNO3. The molecule has 0 unspecified atom stereocenters. The predicted octanol–water partition coefficient (Wildman–Crippen LogP) is 4.17. The van der Waals surface area contributed by atoms with Crippen LogP contribution in [0.4, 0.5) is 0 Å². The Morgan fingerprint density at radius 1 is 1.09 bits per heavy atom. The maximum Gasteiger partial charge on any atom is 0.356 e. The van der Waals surface area contributed by atoms with E-state index >= 15 is 0 Å². The van der Waals surface area contributed by atoms with Gasteiger partial charge in [-0.3, -0.25) is 0 Å². The largest absolute Gasteiger partial charge is 0.487 e. The molecule has 0 radical (unpaired) electrons. The predicted molar refractivity (Wildman–Crippen MR) is 84.5 cm³/mol. The fraction of sp³-hybridized carbons (Fsp3) is 0.0588. The summed E-state index contributed by atoms with van der Waals surface area (Å²) in [5.41, 5.74) is 1.30. The Bertz CT molecular complexity index is 834. The molecule has 3 aromatic rings. The van der Waals surface area contributed by atoms with Crippen LogP contribution in [0, 0.1) is 0 Å². The number of carbonyl (C=O) groups is 1. The molecule has 0 spiro atoms. The van der Waals surface area contributed by atoms with Crippen LogP contribution in [-0.4, -0.2) is 16.1 Å². The fourth-order valence-corrected chi connectivity index (χ4v) is 2.45. The molecule has 0 amide bonds. The average Bonchev–Trinajstić information content (AvgIpc) is 2.54. The molecule has 0 aliphatic rings. The van der Waals surface area contributed by atoms with Crippen LogP contribution in [-0.2, 0) is 6.61 Å². The summed E-state index contributed by atoms with van der Waals surface area (Å²) < 4.78 is 5.79. The van der Waals surface area contributed by atoms with Gasteiger partial charge in [0.15, 0.2) is 5.69 Å². The summed E-state index contributed by atoms with van der Waals surface area (Å²) in [6.45, 7) is 0.299. The molecule has 1 aromatic heterocycles. The number of rotatable bonds is 4. The molecule has 5 heteroatoms. The Kier molecular flexibility index (Phi) is 3.94.